The maximum absolute atomic E-state index is 14.8. The lowest BCUT2D eigenvalue weighted by molar-refractivity contribution is -0.152. The van der Waals surface area contributed by atoms with E-state index in [4.69, 9.17) is 29.0 Å². The number of benzene rings is 1. The van der Waals surface area contributed by atoms with Gasteiger partial charge in [-0.15, -0.1) is 0 Å². The Balaban J connectivity index is 1.52. The second kappa shape index (κ2) is 13.9. The van der Waals surface area contributed by atoms with Gasteiger partial charge in [-0.2, -0.15) is 0 Å². The van der Waals surface area contributed by atoms with E-state index in [0.717, 1.165) is 17.9 Å². The van der Waals surface area contributed by atoms with E-state index in [9.17, 15) is 32.7 Å². The number of carbonyl (C=O) groups is 4. The van der Waals surface area contributed by atoms with Crippen LogP contribution >= 0.6 is 15.2 Å². The summed E-state index contributed by atoms with van der Waals surface area (Å²) < 4.78 is 57.1. The molecule has 0 bridgehead atoms. The zero-order valence-electron chi connectivity index (χ0n) is 22.2. The summed E-state index contributed by atoms with van der Waals surface area (Å²) in [7, 11) is -10.5. The van der Waals surface area contributed by atoms with Crippen LogP contribution in [-0.2, 0) is 37.7 Å². The van der Waals surface area contributed by atoms with Gasteiger partial charge in [-0.05, 0) is 31.5 Å². The fourth-order valence-corrected chi connectivity index (χ4v) is 6.72. The smallest absolute Gasteiger partial charge is 0.414 e. The molecule has 20 heteroatoms. The Hall–Kier alpha value is -3.11. The van der Waals surface area contributed by atoms with Crippen LogP contribution in [0.2, 0.25) is 0 Å². The number of nitrogens with zero attached hydrogens (tertiary/aromatic N) is 2. The number of amides is 2. The topological polar surface area (TPSA) is 239 Å². The van der Waals surface area contributed by atoms with Crippen molar-refractivity contribution in [3.63, 3.8) is 0 Å². The van der Waals surface area contributed by atoms with Gasteiger partial charge in [-0.25, -0.2) is 14.0 Å². The van der Waals surface area contributed by atoms with Crippen molar-refractivity contribution in [1.29, 1.82) is 0 Å². The maximum Gasteiger partial charge on any atom is 0.414 e. The summed E-state index contributed by atoms with van der Waals surface area (Å²) in [5.41, 5.74) is 0.495. The second-order valence-corrected chi connectivity index (χ2v) is 13.3. The Morgan fingerprint density at radius 3 is 2.33 bits per heavy atom. The highest BCUT2D eigenvalue weighted by molar-refractivity contribution is 7.70. The van der Waals surface area contributed by atoms with E-state index < -0.39 is 82.1 Å². The van der Waals surface area contributed by atoms with Crippen LogP contribution in [0.3, 0.4) is 0 Å². The van der Waals surface area contributed by atoms with Crippen molar-refractivity contribution in [1.82, 2.24) is 5.32 Å². The summed E-state index contributed by atoms with van der Waals surface area (Å²) >= 11 is 0. The number of nitrogens with one attached hydrogen (secondary N) is 1. The predicted molar refractivity (Wildman–Crippen MR) is 139 cm³/mol. The number of halogens is 1. The Bertz CT molecular complexity index is 1260. The number of morpholine rings is 1. The van der Waals surface area contributed by atoms with Gasteiger partial charge in [0.15, 0.2) is 11.2 Å². The summed E-state index contributed by atoms with van der Waals surface area (Å²) in [5.74, 6) is -2.40. The van der Waals surface area contributed by atoms with Crippen molar-refractivity contribution in [2.75, 3.05) is 49.4 Å². The van der Waals surface area contributed by atoms with Gasteiger partial charge in [0, 0.05) is 19.5 Å². The molecule has 2 amide bonds. The molecule has 2 fully saturated rings. The van der Waals surface area contributed by atoms with Crippen LogP contribution in [0.1, 0.15) is 19.8 Å². The van der Waals surface area contributed by atoms with E-state index in [1.807, 2.05) is 0 Å². The van der Waals surface area contributed by atoms with Crippen LogP contribution in [0.15, 0.2) is 18.2 Å². The number of hydrogen-bond donors (Lipinski definition) is 5. The number of cyclic esters (lactones) is 1. The van der Waals surface area contributed by atoms with Crippen molar-refractivity contribution < 1.29 is 71.2 Å². The lowest BCUT2D eigenvalue weighted by Crippen LogP contribution is -2.49. The molecule has 2 atom stereocenters. The number of ether oxygens (including phenoxy) is 4. The average molecular weight is 641 g/mol. The van der Waals surface area contributed by atoms with Crippen LogP contribution in [0, 0.1) is 5.82 Å². The highest BCUT2D eigenvalue weighted by atomic mass is 31.2. The van der Waals surface area contributed by atoms with Crippen LogP contribution in [-0.4, -0.2) is 101 Å². The fourth-order valence-electron chi connectivity index (χ4n) is 4.22. The van der Waals surface area contributed by atoms with Gasteiger partial charge in [0.05, 0.1) is 31.1 Å². The van der Waals surface area contributed by atoms with Crippen molar-refractivity contribution in [2.45, 2.75) is 37.3 Å². The summed E-state index contributed by atoms with van der Waals surface area (Å²) in [4.78, 5) is 87.9. The minimum absolute atomic E-state index is 0.161. The summed E-state index contributed by atoms with van der Waals surface area (Å²) in [6.45, 7) is 1.76. The first-order valence-corrected chi connectivity index (χ1v) is 15.7. The van der Waals surface area contributed by atoms with E-state index in [0.29, 0.717) is 32.0 Å². The van der Waals surface area contributed by atoms with Crippen molar-refractivity contribution >= 4 is 50.5 Å². The summed E-state index contributed by atoms with van der Waals surface area (Å²) in [6.07, 6.45) is -5.07. The molecule has 2 aliphatic heterocycles. The number of carbonyl (C=O) groups excluding carboxylic acids is 4. The molecule has 5 N–H and O–H groups in total. The lowest BCUT2D eigenvalue weighted by Gasteiger charge is -2.29. The molecule has 2 saturated heterocycles. The minimum Gasteiger partial charge on any atom is -0.441 e. The molecule has 0 aromatic heterocycles. The van der Waals surface area contributed by atoms with Crippen molar-refractivity contribution in [3.05, 3.63) is 24.0 Å². The normalized spacial score (nSPS) is 18.5. The van der Waals surface area contributed by atoms with E-state index >= 15 is 0 Å². The number of anilines is 2. The Labute approximate surface area is 238 Å². The third-order valence-corrected chi connectivity index (χ3v) is 10.2. The first-order valence-electron chi connectivity index (χ1n) is 12.4. The van der Waals surface area contributed by atoms with Crippen LogP contribution in [0.5, 0.6) is 0 Å². The molecule has 1 aromatic rings. The molecule has 2 unspecified atom stereocenters. The maximum atomic E-state index is 14.8. The SMILES string of the molecule is CC(=O)C(NC(=O)OCOC(=O)CCC(P(=O)(O)O)P(=O)(O)O)C1CN(c2ccc(N3CCOCC3)c(F)c2)C(=O)O1. The Morgan fingerprint density at radius 2 is 1.76 bits per heavy atom. The van der Waals surface area contributed by atoms with E-state index in [1.54, 1.807) is 4.90 Å². The molecule has 2 aliphatic rings. The number of rotatable bonds is 12. The van der Waals surface area contributed by atoms with Crippen LogP contribution in [0.4, 0.5) is 25.4 Å². The quantitative estimate of drug-likeness (QED) is 0.120. The van der Waals surface area contributed by atoms with Crippen LogP contribution in [0.25, 0.3) is 0 Å². The number of hydrogen-bond acceptors (Lipinski definition) is 11. The van der Waals surface area contributed by atoms with Crippen LogP contribution < -0.4 is 15.1 Å². The third kappa shape index (κ3) is 8.94. The molecule has 42 heavy (non-hydrogen) atoms. The van der Waals surface area contributed by atoms with E-state index in [2.05, 4.69) is 14.8 Å². The minimum atomic E-state index is -5.23. The number of ketones is 1. The second-order valence-electron chi connectivity index (χ2n) is 9.26. The summed E-state index contributed by atoms with van der Waals surface area (Å²) in [6, 6.07) is 2.77. The predicted octanol–water partition coefficient (Wildman–Crippen LogP) is 0.634. The van der Waals surface area contributed by atoms with Gasteiger partial charge >= 0.3 is 33.3 Å². The average Bonchev–Trinajstić information content (AvgIpc) is 3.27. The molecule has 0 aliphatic carbocycles. The van der Waals surface area contributed by atoms with E-state index in [-0.39, 0.29) is 12.2 Å². The molecule has 0 spiro atoms. The number of esters is 1. The van der Waals surface area contributed by atoms with Crippen molar-refractivity contribution in [3.8, 4) is 0 Å². The zero-order valence-corrected chi connectivity index (χ0v) is 23.9. The molecule has 234 valence electrons. The third-order valence-electron chi connectivity index (χ3n) is 6.31. The van der Waals surface area contributed by atoms with Crippen molar-refractivity contribution in [2.24, 2.45) is 0 Å². The standard InChI is InChI=1S/C22H30FN3O14P2/c1-13(27)20(24-21(29)39-12-38-18(28)4-5-19(41(31,32)33)42(34,35)36)17-11-26(22(30)40-17)14-2-3-16(15(23)10-14)25-6-8-37-9-7-25/h2-3,10,17,19-20H,4-9,11-12H2,1H3,(H,24,29)(H2,31,32,33)(H2,34,35,36). The number of Topliss-reactive ketones (excluding diaryl/α,β-unsaturated/α-hetero) is 1. The monoisotopic (exact) mass is 641 g/mol. The highest BCUT2D eigenvalue weighted by Crippen LogP contribution is 2.61. The Morgan fingerprint density at radius 1 is 1.12 bits per heavy atom. The molecule has 0 radical (unpaired) electrons. The zero-order chi connectivity index (χ0) is 31.2. The largest absolute Gasteiger partial charge is 0.441 e. The molecule has 3 rings (SSSR count). The Kier molecular flexibility index (Phi) is 11.1. The molecule has 2 heterocycles. The molecule has 17 nitrogen and oxygen atoms in total. The molecule has 0 saturated carbocycles. The fraction of sp³-hybridized carbons (Fsp3) is 0.545. The first-order chi connectivity index (χ1) is 19.6. The van der Waals surface area contributed by atoms with Gasteiger partial charge in [0.2, 0.25) is 6.79 Å². The first kappa shape index (κ1) is 33.4. The molecular weight excluding hydrogens is 611 g/mol. The number of alkyl carbamates (subject to hydrolysis) is 1. The van der Waals surface area contributed by atoms with E-state index in [1.165, 1.54) is 12.1 Å². The van der Waals surface area contributed by atoms with Gasteiger partial charge < -0.3 is 48.7 Å². The van der Waals surface area contributed by atoms with Gasteiger partial charge in [0.25, 0.3) is 0 Å². The molecular formula is C22H30FN3O14P2. The summed E-state index contributed by atoms with van der Waals surface area (Å²) in [5, 5.41) is -0.237. The van der Waals surface area contributed by atoms with Gasteiger partial charge in [0.1, 0.15) is 18.0 Å². The van der Waals surface area contributed by atoms with Gasteiger partial charge in [-0.1, -0.05) is 0 Å². The van der Waals surface area contributed by atoms with Gasteiger partial charge in [-0.3, -0.25) is 23.6 Å². The highest BCUT2D eigenvalue weighted by Gasteiger charge is 2.43. The molecule has 1 aromatic carbocycles. The lowest BCUT2D eigenvalue weighted by atomic mass is 10.1.